The molecule has 35 heavy (non-hydrogen) atoms. The van der Waals surface area contributed by atoms with Gasteiger partial charge in [-0.05, 0) is 16.7 Å². The lowest BCUT2D eigenvalue weighted by Crippen LogP contribution is -2.49. The Morgan fingerprint density at radius 1 is 0.771 bits per heavy atom. The summed E-state index contributed by atoms with van der Waals surface area (Å²) in [7, 11) is 0. The van der Waals surface area contributed by atoms with Crippen LogP contribution in [0.4, 0.5) is 0 Å². The number of esters is 1. The number of ether oxygens (including phenoxy) is 5. The minimum atomic E-state index is -0.932. The molecule has 0 radical (unpaired) electrons. The first-order chi connectivity index (χ1) is 17.1. The minimum Gasteiger partial charge on any atom is -0.436 e. The molecule has 1 fully saturated rings. The van der Waals surface area contributed by atoms with Crippen molar-refractivity contribution in [2.24, 2.45) is 0 Å². The molecule has 1 aliphatic heterocycles. The molecule has 1 unspecified atom stereocenters. The zero-order valence-electron chi connectivity index (χ0n) is 20.0. The van der Waals surface area contributed by atoms with Crippen LogP contribution in [0.3, 0.4) is 0 Å². The van der Waals surface area contributed by atoms with Crippen LogP contribution in [0.2, 0.25) is 0 Å². The van der Waals surface area contributed by atoms with E-state index in [1.54, 1.807) is 0 Å². The van der Waals surface area contributed by atoms with Gasteiger partial charge in [0.1, 0.15) is 5.60 Å². The maximum Gasteiger partial charge on any atom is 0.304 e. The number of carbonyl (C=O) groups excluding carboxylic acids is 1. The highest BCUT2D eigenvalue weighted by atomic mass is 16.7. The summed E-state index contributed by atoms with van der Waals surface area (Å²) in [5.41, 5.74) is 2.24. The molecular formula is C29H32O6. The van der Waals surface area contributed by atoms with Crippen molar-refractivity contribution < 1.29 is 28.5 Å². The maximum absolute atomic E-state index is 11.7. The number of rotatable bonds is 12. The third-order valence-corrected chi connectivity index (χ3v) is 5.87. The van der Waals surface area contributed by atoms with Gasteiger partial charge in [0.15, 0.2) is 0 Å². The van der Waals surface area contributed by atoms with Gasteiger partial charge in [0.05, 0.1) is 39.1 Å². The third kappa shape index (κ3) is 7.47. The average molecular weight is 477 g/mol. The second-order valence-corrected chi connectivity index (χ2v) is 8.70. The van der Waals surface area contributed by atoms with E-state index in [9.17, 15) is 4.79 Å². The van der Waals surface area contributed by atoms with E-state index < -0.39 is 24.0 Å². The summed E-state index contributed by atoms with van der Waals surface area (Å²) in [5.74, 6) is -0.400. The first-order valence-corrected chi connectivity index (χ1v) is 11.9. The summed E-state index contributed by atoms with van der Waals surface area (Å²) >= 11 is 0. The Morgan fingerprint density at radius 2 is 1.23 bits per heavy atom. The number of hydrogen-bond donors (Lipinski definition) is 0. The molecule has 0 saturated carbocycles. The van der Waals surface area contributed by atoms with Crippen LogP contribution in [0, 0.1) is 0 Å². The zero-order valence-corrected chi connectivity index (χ0v) is 20.0. The molecule has 0 aromatic heterocycles. The van der Waals surface area contributed by atoms with Crippen LogP contribution in [-0.2, 0) is 48.3 Å². The van der Waals surface area contributed by atoms with E-state index in [1.165, 1.54) is 6.92 Å². The Balaban J connectivity index is 1.49. The van der Waals surface area contributed by atoms with E-state index in [1.807, 2.05) is 91.0 Å². The van der Waals surface area contributed by atoms with Crippen LogP contribution in [0.25, 0.3) is 0 Å². The van der Waals surface area contributed by atoms with Gasteiger partial charge in [0, 0.05) is 13.3 Å². The molecule has 1 aliphatic rings. The lowest BCUT2D eigenvalue weighted by molar-refractivity contribution is -0.219. The average Bonchev–Trinajstić information content (AvgIpc) is 3.21. The van der Waals surface area contributed by atoms with Crippen molar-refractivity contribution in [2.75, 3.05) is 13.2 Å². The molecule has 0 spiro atoms. The van der Waals surface area contributed by atoms with Gasteiger partial charge in [-0.1, -0.05) is 91.0 Å². The first kappa shape index (κ1) is 25.1. The zero-order chi connectivity index (χ0) is 24.3. The normalized spacial score (nSPS) is 18.9. The SMILES string of the molecule is CC(=O)OC1C[C@H](OCc2ccccc2)C(COCc2ccccc2)(COCc2ccccc2)O1. The first-order valence-electron chi connectivity index (χ1n) is 11.9. The van der Waals surface area contributed by atoms with E-state index >= 15 is 0 Å². The number of hydrogen-bond acceptors (Lipinski definition) is 6. The number of carbonyl (C=O) groups is 1. The quantitative estimate of drug-likeness (QED) is 0.341. The van der Waals surface area contributed by atoms with Crippen LogP contribution in [0.1, 0.15) is 30.0 Å². The summed E-state index contributed by atoms with van der Waals surface area (Å²) in [4.78, 5) is 11.7. The van der Waals surface area contributed by atoms with Crippen molar-refractivity contribution in [2.45, 2.75) is 51.2 Å². The van der Waals surface area contributed by atoms with E-state index in [0.29, 0.717) is 26.2 Å². The second-order valence-electron chi connectivity index (χ2n) is 8.70. The van der Waals surface area contributed by atoms with Gasteiger partial charge in [0.25, 0.3) is 0 Å². The Morgan fingerprint density at radius 3 is 1.69 bits per heavy atom. The topological polar surface area (TPSA) is 63.2 Å². The van der Waals surface area contributed by atoms with Crippen molar-refractivity contribution in [1.82, 2.24) is 0 Å². The second kappa shape index (κ2) is 12.6. The van der Waals surface area contributed by atoms with E-state index in [4.69, 9.17) is 23.7 Å². The molecule has 0 N–H and O–H groups in total. The predicted octanol–water partition coefficient (Wildman–Crippen LogP) is 5.05. The molecule has 6 nitrogen and oxygen atoms in total. The largest absolute Gasteiger partial charge is 0.436 e. The van der Waals surface area contributed by atoms with E-state index in [0.717, 1.165) is 16.7 Å². The summed E-state index contributed by atoms with van der Waals surface area (Å²) in [5, 5.41) is 0. The lowest BCUT2D eigenvalue weighted by Gasteiger charge is -2.33. The summed E-state index contributed by atoms with van der Waals surface area (Å²) in [6.45, 7) is 3.09. The molecular weight excluding hydrogens is 444 g/mol. The van der Waals surface area contributed by atoms with Crippen molar-refractivity contribution in [1.29, 1.82) is 0 Å². The van der Waals surface area contributed by atoms with Gasteiger partial charge in [-0.25, -0.2) is 0 Å². The summed E-state index contributed by atoms with van der Waals surface area (Å²) in [6, 6.07) is 29.9. The number of benzene rings is 3. The van der Waals surface area contributed by atoms with Gasteiger partial charge in [-0.15, -0.1) is 0 Å². The molecule has 6 heteroatoms. The van der Waals surface area contributed by atoms with Gasteiger partial charge >= 0.3 is 5.97 Å². The van der Waals surface area contributed by atoms with Crippen molar-refractivity contribution in [3.8, 4) is 0 Å². The Hall–Kier alpha value is -3.03. The van der Waals surface area contributed by atoms with Gasteiger partial charge in [0.2, 0.25) is 6.29 Å². The van der Waals surface area contributed by atoms with Crippen molar-refractivity contribution in [3.05, 3.63) is 108 Å². The molecule has 3 aromatic rings. The Kier molecular flexibility index (Phi) is 9.03. The van der Waals surface area contributed by atoms with Crippen LogP contribution < -0.4 is 0 Å². The minimum absolute atomic E-state index is 0.230. The smallest absolute Gasteiger partial charge is 0.304 e. The molecule has 1 saturated heterocycles. The fraction of sp³-hybridized carbons (Fsp3) is 0.345. The van der Waals surface area contributed by atoms with E-state index in [-0.39, 0.29) is 13.2 Å². The predicted molar refractivity (Wildman–Crippen MR) is 131 cm³/mol. The van der Waals surface area contributed by atoms with Gasteiger partial charge < -0.3 is 23.7 Å². The van der Waals surface area contributed by atoms with Crippen LogP contribution in [0.15, 0.2) is 91.0 Å². The fourth-order valence-electron chi connectivity index (χ4n) is 4.15. The van der Waals surface area contributed by atoms with Crippen LogP contribution in [-0.4, -0.2) is 37.2 Å². The third-order valence-electron chi connectivity index (χ3n) is 5.87. The Bertz CT molecular complexity index is 979. The highest BCUT2D eigenvalue weighted by Crippen LogP contribution is 2.36. The molecule has 2 atom stereocenters. The van der Waals surface area contributed by atoms with Gasteiger partial charge in [-0.2, -0.15) is 0 Å². The molecule has 184 valence electrons. The highest BCUT2D eigenvalue weighted by molar-refractivity contribution is 5.66. The fourth-order valence-corrected chi connectivity index (χ4v) is 4.15. The van der Waals surface area contributed by atoms with Crippen molar-refractivity contribution in [3.63, 3.8) is 0 Å². The molecule has 4 rings (SSSR count). The molecule has 0 bridgehead atoms. The molecule has 3 aromatic carbocycles. The summed E-state index contributed by atoms with van der Waals surface area (Å²) < 4.78 is 30.3. The monoisotopic (exact) mass is 476 g/mol. The molecule has 1 heterocycles. The molecule has 0 amide bonds. The van der Waals surface area contributed by atoms with E-state index in [2.05, 4.69) is 0 Å². The standard InChI is InChI=1S/C29H32O6/c1-23(30)34-28-17-27(33-20-26-15-9-4-10-16-26)29(35-28,21-31-18-24-11-5-2-6-12-24)22-32-19-25-13-7-3-8-14-25/h2-16,27-28H,17-22H2,1H3/t27-,28?/m0/s1. The Labute approximate surface area is 206 Å². The van der Waals surface area contributed by atoms with Gasteiger partial charge in [-0.3, -0.25) is 4.79 Å². The van der Waals surface area contributed by atoms with Crippen LogP contribution >= 0.6 is 0 Å². The highest BCUT2D eigenvalue weighted by Gasteiger charge is 2.51. The maximum atomic E-state index is 11.7. The van der Waals surface area contributed by atoms with Crippen molar-refractivity contribution >= 4 is 5.97 Å². The summed E-state index contributed by atoms with van der Waals surface area (Å²) in [6.07, 6.45) is -0.719. The lowest BCUT2D eigenvalue weighted by atomic mass is 9.98. The molecule has 0 aliphatic carbocycles. The van der Waals surface area contributed by atoms with Crippen LogP contribution in [0.5, 0.6) is 0 Å².